The fourth-order valence-corrected chi connectivity index (χ4v) is 5.26. The van der Waals surface area contributed by atoms with Crippen molar-refractivity contribution in [3.63, 3.8) is 0 Å². The Kier molecular flexibility index (Phi) is 4.91. The van der Waals surface area contributed by atoms with Gasteiger partial charge in [-0.2, -0.15) is 0 Å². The molecule has 0 saturated carbocycles. The molecule has 9 heteroatoms. The van der Waals surface area contributed by atoms with E-state index in [4.69, 9.17) is 0 Å². The molecule has 7 nitrogen and oxygen atoms in total. The Morgan fingerprint density at radius 1 is 1.00 bits per heavy atom. The molecule has 2 aromatic carbocycles. The number of aromatic nitrogens is 3. The van der Waals surface area contributed by atoms with Crippen molar-refractivity contribution >= 4 is 37.6 Å². The number of rotatable bonds is 5. The lowest BCUT2D eigenvalue weighted by Crippen LogP contribution is -2.00. The van der Waals surface area contributed by atoms with Crippen molar-refractivity contribution in [3.8, 4) is 22.4 Å². The van der Waals surface area contributed by atoms with Crippen LogP contribution in [-0.4, -0.2) is 40.7 Å². The SMILES string of the molecule is CC(C)c1c(-c2cc(F)cc3[nH]ccc23)[nH]c(C(=O)O)c1-c1cccc2[nH]c(S(C)(=O)=O)cc12. The van der Waals surface area contributed by atoms with Crippen LogP contribution in [0.25, 0.3) is 44.2 Å². The molecule has 0 spiro atoms. The van der Waals surface area contributed by atoms with Gasteiger partial charge in [-0.3, -0.25) is 0 Å². The molecule has 34 heavy (non-hydrogen) atoms. The molecule has 0 atom stereocenters. The van der Waals surface area contributed by atoms with Crippen LogP contribution in [0.3, 0.4) is 0 Å². The number of carboxylic acid groups (broad SMARTS) is 1. The Morgan fingerprint density at radius 2 is 1.76 bits per heavy atom. The van der Waals surface area contributed by atoms with Crippen LogP contribution in [-0.2, 0) is 9.84 Å². The highest BCUT2D eigenvalue weighted by Gasteiger charge is 2.28. The van der Waals surface area contributed by atoms with Crippen molar-refractivity contribution in [1.82, 2.24) is 15.0 Å². The summed E-state index contributed by atoms with van der Waals surface area (Å²) in [4.78, 5) is 21.3. The number of carbonyl (C=O) groups is 1. The molecule has 4 N–H and O–H groups in total. The number of H-pyrrole nitrogens is 3. The second kappa shape index (κ2) is 7.59. The van der Waals surface area contributed by atoms with Gasteiger partial charge < -0.3 is 20.1 Å². The smallest absolute Gasteiger partial charge is 0.352 e. The summed E-state index contributed by atoms with van der Waals surface area (Å²) >= 11 is 0. The molecule has 0 aliphatic carbocycles. The topological polar surface area (TPSA) is 119 Å². The molecule has 0 amide bonds. The molecule has 174 valence electrons. The Morgan fingerprint density at radius 3 is 2.44 bits per heavy atom. The Hall–Kier alpha value is -3.85. The quantitative estimate of drug-likeness (QED) is 0.259. The minimum absolute atomic E-state index is 0.0405. The van der Waals surface area contributed by atoms with Crippen LogP contribution >= 0.6 is 0 Å². The van der Waals surface area contributed by atoms with Gasteiger partial charge >= 0.3 is 5.97 Å². The fourth-order valence-electron chi connectivity index (χ4n) is 4.63. The second-order valence-corrected chi connectivity index (χ2v) is 10.7. The van der Waals surface area contributed by atoms with Crippen LogP contribution in [0.1, 0.15) is 35.8 Å². The van der Waals surface area contributed by atoms with Crippen molar-refractivity contribution in [1.29, 1.82) is 0 Å². The number of hydrogen-bond acceptors (Lipinski definition) is 3. The minimum Gasteiger partial charge on any atom is -0.477 e. The first-order valence-electron chi connectivity index (χ1n) is 10.6. The Labute approximate surface area is 194 Å². The summed E-state index contributed by atoms with van der Waals surface area (Å²) < 4.78 is 38.8. The first-order valence-corrected chi connectivity index (χ1v) is 12.5. The third-order valence-electron chi connectivity index (χ3n) is 6.04. The highest BCUT2D eigenvalue weighted by Crippen LogP contribution is 2.44. The maximum absolute atomic E-state index is 14.5. The summed E-state index contributed by atoms with van der Waals surface area (Å²) in [6, 6.07) is 11.4. The van der Waals surface area contributed by atoms with Gasteiger partial charge in [0.15, 0.2) is 9.84 Å². The van der Waals surface area contributed by atoms with E-state index in [0.717, 1.165) is 11.6 Å². The molecule has 0 radical (unpaired) electrons. The molecule has 3 aromatic heterocycles. The Balaban J connectivity index is 1.90. The third-order valence-corrected chi connectivity index (χ3v) is 7.06. The van der Waals surface area contributed by atoms with Crippen LogP contribution in [0.2, 0.25) is 0 Å². The summed E-state index contributed by atoms with van der Waals surface area (Å²) in [5.41, 5.74) is 3.94. The summed E-state index contributed by atoms with van der Waals surface area (Å²) in [5, 5.41) is 11.5. The monoisotopic (exact) mass is 479 g/mol. The van der Waals surface area contributed by atoms with Gasteiger partial charge in [0.25, 0.3) is 0 Å². The lowest BCUT2D eigenvalue weighted by atomic mass is 9.89. The van der Waals surface area contributed by atoms with E-state index in [2.05, 4.69) is 15.0 Å². The number of halogens is 1. The van der Waals surface area contributed by atoms with E-state index in [9.17, 15) is 22.7 Å². The van der Waals surface area contributed by atoms with Crippen molar-refractivity contribution in [2.75, 3.05) is 6.26 Å². The molecule has 5 aromatic rings. The molecule has 0 fully saturated rings. The van der Waals surface area contributed by atoms with Crippen LogP contribution in [0.15, 0.2) is 53.7 Å². The van der Waals surface area contributed by atoms with E-state index >= 15 is 0 Å². The lowest BCUT2D eigenvalue weighted by molar-refractivity contribution is 0.0692. The first kappa shape index (κ1) is 22.0. The number of sulfone groups is 1. The number of benzene rings is 2. The fraction of sp³-hybridized carbons (Fsp3) is 0.160. The number of aromatic carboxylic acids is 1. The van der Waals surface area contributed by atoms with Crippen molar-refractivity contribution < 1.29 is 22.7 Å². The third kappa shape index (κ3) is 3.40. The van der Waals surface area contributed by atoms with E-state index in [1.54, 1.807) is 24.4 Å². The van der Waals surface area contributed by atoms with Gasteiger partial charge in [-0.25, -0.2) is 17.6 Å². The predicted molar refractivity (Wildman–Crippen MR) is 129 cm³/mol. The number of nitrogens with one attached hydrogen (secondary N) is 3. The van der Waals surface area contributed by atoms with E-state index in [1.807, 2.05) is 19.9 Å². The zero-order valence-electron chi connectivity index (χ0n) is 18.7. The summed E-state index contributed by atoms with van der Waals surface area (Å²) in [5.74, 6) is -1.74. The van der Waals surface area contributed by atoms with Gasteiger partial charge in [-0.1, -0.05) is 26.0 Å². The molecule has 0 bridgehead atoms. The van der Waals surface area contributed by atoms with Crippen molar-refractivity contribution in [2.24, 2.45) is 0 Å². The molecule has 0 aliphatic heterocycles. The first-order chi connectivity index (χ1) is 16.1. The minimum atomic E-state index is -3.50. The zero-order chi connectivity index (χ0) is 24.4. The summed E-state index contributed by atoms with van der Waals surface area (Å²) in [6.07, 6.45) is 2.82. The molecule has 3 heterocycles. The van der Waals surface area contributed by atoms with Gasteiger partial charge in [0.05, 0.1) is 5.69 Å². The standard InChI is InChI=1S/C25H22FN3O4S/c1-12(2)21-22(15-5-4-6-18-16(15)11-20(28-18)34(3,32)33)24(25(30)31)29-23(21)17-9-13(26)10-19-14(17)7-8-27-19/h4-12,27-29H,1-3H3,(H,30,31). The molecular weight excluding hydrogens is 457 g/mol. The van der Waals surface area contributed by atoms with Crippen LogP contribution in [0, 0.1) is 5.82 Å². The van der Waals surface area contributed by atoms with Gasteiger partial charge in [-0.05, 0) is 47.4 Å². The molecule has 0 unspecified atom stereocenters. The maximum atomic E-state index is 14.5. The van der Waals surface area contributed by atoms with Crippen LogP contribution < -0.4 is 0 Å². The molecule has 5 rings (SSSR count). The van der Waals surface area contributed by atoms with Gasteiger partial charge in [0.2, 0.25) is 0 Å². The average Bonchev–Trinajstić information content (AvgIpc) is 3.47. The van der Waals surface area contributed by atoms with Crippen LogP contribution in [0.4, 0.5) is 4.39 Å². The van der Waals surface area contributed by atoms with Gasteiger partial charge in [0.1, 0.15) is 16.5 Å². The normalized spacial score (nSPS) is 12.3. The highest BCUT2D eigenvalue weighted by atomic mass is 32.2. The highest BCUT2D eigenvalue weighted by molar-refractivity contribution is 7.90. The van der Waals surface area contributed by atoms with E-state index in [-0.39, 0.29) is 16.6 Å². The maximum Gasteiger partial charge on any atom is 0.352 e. The molecule has 0 saturated heterocycles. The van der Waals surface area contributed by atoms with E-state index < -0.39 is 21.6 Å². The van der Waals surface area contributed by atoms with Gasteiger partial charge in [0, 0.05) is 45.4 Å². The number of hydrogen-bond donors (Lipinski definition) is 4. The van der Waals surface area contributed by atoms with E-state index in [0.29, 0.717) is 44.4 Å². The van der Waals surface area contributed by atoms with E-state index in [1.165, 1.54) is 18.2 Å². The Bertz CT molecular complexity index is 1710. The molecule has 0 aliphatic rings. The second-order valence-electron chi connectivity index (χ2n) is 8.69. The number of carboxylic acids is 1. The van der Waals surface area contributed by atoms with Crippen molar-refractivity contribution in [3.05, 3.63) is 65.7 Å². The van der Waals surface area contributed by atoms with Crippen LogP contribution in [0.5, 0.6) is 0 Å². The van der Waals surface area contributed by atoms with Crippen molar-refractivity contribution in [2.45, 2.75) is 24.8 Å². The number of aromatic amines is 3. The number of fused-ring (bicyclic) bond motifs is 2. The summed E-state index contributed by atoms with van der Waals surface area (Å²) in [6.45, 7) is 3.88. The lowest BCUT2D eigenvalue weighted by Gasteiger charge is -2.13. The zero-order valence-corrected chi connectivity index (χ0v) is 19.5. The summed E-state index contributed by atoms with van der Waals surface area (Å²) in [7, 11) is -3.50. The molecular formula is C25H22FN3O4S. The predicted octanol–water partition coefficient (Wildman–Crippen LogP) is 5.68. The average molecular weight is 480 g/mol. The van der Waals surface area contributed by atoms with Gasteiger partial charge in [-0.15, -0.1) is 0 Å². The largest absolute Gasteiger partial charge is 0.477 e.